The maximum absolute atomic E-state index is 15.8. The number of unbranched alkanes of at least 4 members (excludes halogenated alkanes) is 1. The number of nitrogens with one attached hydrogen (secondary N) is 2. The van der Waals surface area contributed by atoms with Crippen molar-refractivity contribution in [1.82, 2.24) is 19.3 Å². The molecule has 0 aliphatic carbocycles. The van der Waals surface area contributed by atoms with Crippen molar-refractivity contribution in [2.24, 2.45) is 0 Å². The maximum Gasteiger partial charge on any atom is 0.421 e. The molecule has 47 heavy (non-hydrogen) atoms. The van der Waals surface area contributed by atoms with Crippen molar-refractivity contribution < 1.29 is 27.1 Å². The number of aromatic nitrogens is 3. The lowest BCUT2D eigenvalue weighted by atomic mass is 10.0. The smallest absolute Gasteiger partial charge is 0.421 e. The van der Waals surface area contributed by atoms with Crippen molar-refractivity contribution in [2.45, 2.75) is 57.9 Å². The first-order chi connectivity index (χ1) is 22.6. The highest BCUT2D eigenvalue weighted by atomic mass is 32.2. The summed E-state index contributed by atoms with van der Waals surface area (Å²) < 4.78 is 50.7. The second-order valence-corrected chi connectivity index (χ2v) is 12.7. The largest absolute Gasteiger partial charge is 0.449 e. The molecule has 2 N–H and O–H groups in total. The number of carbonyl (C=O) groups excluding carboxylic acids is 2. The zero-order valence-electron chi connectivity index (χ0n) is 26.4. The number of fused-ring (bicyclic) bond motifs is 1. The molecule has 5 rings (SSSR count). The Kier molecular flexibility index (Phi) is 10.3. The average Bonchev–Trinajstić information content (AvgIpc) is 3.41. The van der Waals surface area contributed by atoms with E-state index >= 15 is 4.39 Å². The van der Waals surface area contributed by atoms with Crippen LogP contribution in [-0.4, -0.2) is 41.6 Å². The first-order valence-electron chi connectivity index (χ1n) is 15.4. The number of anilines is 1. The van der Waals surface area contributed by atoms with E-state index in [0.29, 0.717) is 46.4 Å². The number of hydrogen-bond acceptors (Lipinski definition) is 7. The minimum Gasteiger partial charge on any atom is -0.449 e. The number of nitrogens with zero attached hydrogens (tertiary/aromatic N) is 3. The van der Waals surface area contributed by atoms with E-state index in [1.165, 1.54) is 18.2 Å². The van der Waals surface area contributed by atoms with Gasteiger partial charge in [0.15, 0.2) is 5.65 Å². The van der Waals surface area contributed by atoms with E-state index in [4.69, 9.17) is 9.72 Å². The molecule has 0 radical (unpaired) electrons. The molecule has 3 aromatic carbocycles. The van der Waals surface area contributed by atoms with Gasteiger partial charge < -0.3 is 14.6 Å². The zero-order valence-corrected chi connectivity index (χ0v) is 27.2. The van der Waals surface area contributed by atoms with Gasteiger partial charge in [-0.25, -0.2) is 32.3 Å². The molecule has 0 atom stereocenters. The minimum atomic E-state index is -4.30. The van der Waals surface area contributed by atoms with Gasteiger partial charge in [0.2, 0.25) is 0 Å². The van der Waals surface area contributed by atoms with Gasteiger partial charge in [-0.15, -0.1) is 0 Å². The number of imidazole rings is 1. The molecule has 0 unspecified atom stereocenters. The Morgan fingerprint density at radius 3 is 2.45 bits per heavy atom. The zero-order chi connectivity index (χ0) is 33.6. The van der Waals surface area contributed by atoms with Crippen LogP contribution in [0, 0.1) is 12.7 Å². The van der Waals surface area contributed by atoms with Crippen molar-refractivity contribution in [3.63, 3.8) is 0 Å². The van der Waals surface area contributed by atoms with Crippen LogP contribution in [0.5, 0.6) is 0 Å². The molecule has 0 aliphatic heterocycles. The highest BCUT2D eigenvalue weighted by Gasteiger charge is 2.24. The summed E-state index contributed by atoms with van der Waals surface area (Å²) in [5.74, 6) is -0.0851. The molecule has 12 heteroatoms. The predicted octanol–water partition coefficient (Wildman–Crippen LogP) is 7.01. The SMILES string of the molecule is CCCCOC(=O)NS(=O)(=O)c1ccccc1-c1ccc(Cn2c(CCC)nc3c(C)c(NC(=O)c4ccccc4)cnc32)c(F)c1. The number of rotatable bonds is 12. The fraction of sp³-hybridized carbons (Fsp3) is 0.257. The van der Waals surface area contributed by atoms with Crippen molar-refractivity contribution in [3.8, 4) is 11.1 Å². The van der Waals surface area contributed by atoms with Gasteiger partial charge in [-0.1, -0.05) is 68.8 Å². The van der Waals surface area contributed by atoms with Gasteiger partial charge in [0.1, 0.15) is 17.2 Å². The van der Waals surface area contributed by atoms with Crippen molar-refractivity contribution >= 4 is 38.9 Å². The van der Waals surface area contributed by atoms with E-state index in [-0.39, 0.29) is 29.5 Å². The predicted molar refractivity (Wildman–Crippen MR) is 178 cm³/mol. The lowest BCUT2D eigenvalue weighted by Gasteiger charge is -2.14. The van der Waals surface area contributed by atoms with Crippen molar-refractivity contribution in [2.75, 3.05) is 11.9 Å². The summed E-state index contributed by atoms with van der Waals surface area (Å²) in [6.07, 6.45) is 3.32. The summed E-state index contributed by atoms with van der Waals surface area (Å²) >= 11 is 0. The third-order valence-electron chi connectivity index (χ3n) is 7.67. The van der Waals surface area contributed by atoms with E-state index in [0.717, 1.165) is 24.2 Å². The number of aryl methyl sites for hydroxylation is 2. The number of benzene rings is 3. The normalized spacial score (nSPS) is 11.4. The van der Waals surface area contributed by atoms with Crippen LogP contribution in [0.1, 0.15) is 60.4 Å². The highest BCUT2D eigenvalue weighted by molar-refractivity contribution is 7.90. The molecule has 0 saturated heterocycles. The Hall–Kier alpha value is -5.10. The number of halogens is 1. The number of carbonyl (C=O) groups is 2. The van der Waals surface area contributed by atoms with Crippen LogP contribution in [0.15, 0.2) is 83.9 Å². The van der Waals surface area contributed by atoms with Crippen LogP contribution in [0.4, 0.5) is 14.9 Å². The Balaban J connectivity index is 1.43. The Labute approximate surface area is 273 Å². The summed E-state index contributed by atoms with van der Waals surface area (Å²) in [6.45, 7) is 6.03. The van der Waals surface area contributed by atoms with Crippen LogP contribution in [-0.2, 0) is 27.7 Å². The monoisotopic (exact) mass is 657 g/mol. The van der Waals surface area contributed by atoms with Crippen LogP contribution in [0.25, 0.3) is 22.3 Å². The third kappa shape index (κ3) is 7.49. The lowest BCUT2D eigenvalue weighted by molar-refractivity contribution is 0.102. The van der Waals surface area contributed by atoms with Gasteiger partial charge in [-0.3, -0.25) is 4.79 Å². The fourth-order valence-corrected chi connectivity index (χ4v) is 6.29. The first kappa shape index (κ1) is 33.3. The molecular formula is C35H36FN5O5S. The number of ether oxygens (including phenoxy) is 1. The van der Waals surface area contributed by atoms with Gasteiger partial charge in [0.05, 0.1) is 29.9 Å². The van der Waals surface area contributed by atoms with Gasteiger partial charge in [0.25, 0.3) is 15.9 Å². The van der Waals surface area contributed by atoms with Crippen LogP contribution < -0.4 is 10.0 Å². The molecule has 2 aromatic heterocycles. The van der Waals surface area contributed by atoms with E-state index in [9.17, 15) is 18.0 Å². The quantitative estimate of drug-likeness (QED) is 0.138. The maximum atomic E-state index is 15.8. The molecule has 0 bridgehead atoms. The van der Waals surface area contributed by atoms with Crippen molar-refractivity contribution in [1.29, 1.82) is 0 Å². The molecule has 0 saturated carbocycles. The summed E-state index contributed by atoms with van der Waals surface area (Å²) in [6, 6.07) is 19.5. The standard InChI is InChI=1S/C35H36FN5O5S/c1-4-6-19-46-35(43)40-47(44,45)30-16-11-10-15-27(30)25-17-18-26(28(36)20-25)22-41-31(12-5-2)39-32-23(3)29(21-37-33(32)41)38-34(42)24-13-8-7-9-14-24/h7-11,13-18,20-21H,4-6,12,19,22H2,1-3H3,(H,38,42)(H,40,43). The fourth-order valence-electron chi connectivity index (χ4n) is 5.17. The Bertz CT molecular complexity index is 2030. The molecule has 10 nitrogen and oxygen atoms in total. The van der Waals surface area contributed by atoms with Gasteiger partial charge in [0, 0.05) is 28.7 Å². The Morgan fingerprint density at radius 1 is 0.979 bits per heavy atom. The highest BCUT2D eigenvalue weighted by Crippen LogP contribution is 2.30. The number of amides is 2. The molecule has 0 spiro atoms. The summed E-state index contributed by atoms with van der Waals surface area (Å²) in [5, 5.41) is 2.91. The second kappa shape index (κ2) is 14.5. The van der Waals surface area contributed by atoms with Crippen LogP contribution in [0.2, 0.25) is 0 Å². The molecule has 0 aliphatic rings. The van der Waals surface area contributed by atoms with Gasteiger partial charge in [-0.05, 0) is 49.6 Å². The van der Waals surface area contributed by atoms with E-state index < -0.39 is 21.9 Å². The van der Waals surface area contributed by atoms with E-state index in [1.807, 2.05) is 36.1 Å². The Morgan fingerprint density at radius 2 is 1.72 bits per heavy atom. The average molecular weight is 658 g/mol. The number of pyridine rings is 1. The molecule has 2 heterocycles. The van der Waals surface area contributed by atoms with Crippen LogP contribution in [0.3, 0.4) is 0 Å². The summed E-state index contributed by atoms with van der Waals surface area (Å²) in [7, 11) is -4.30. The second-order valence-electron chi connectivity index (χ2n) is 11.1. The van der Waals surface area contributed by atoms with Crippen LogP contribution >= 0.6 is 0 Å². The van der Waals surface area contributed by atoms with E-state index in [1.54, 1.807) is 54.7 Å². The first-order valence-corrected chi connectivity index (χ1v) is 16.9. The summed E-state index contributed by atoms with van der Waals surface area (Å²) in [4.78, 5) is 34.2. The molecular weight excluding hydrogens is 621 g/mol. The minimum absolute atomic E-state index is 0.0966. The molecule has 0 fully saturated rings. The molecule has 5 aromatic rings. The van der Waals surface area contributed by atoms with Gasteiger partial charge in [-0.2, -0.15) is 0 Å². The lowest BCUT2D eigenvalue weighted by Crippen LogP contribution is -2.31. The van der Waals surface area contributed by atoms with E-state index in [2.05, 4.69) is 10.3 Å². The summed E-state index contributed by atoms with van der Waals surface area (Å²) in [5.41, 5.74) is 3.86. The molecule has 244 valence electrons. The molecule has 2 amide bonds. The number of hydrogen-bond donors (Lipinski definition) is 2. The number of sulfonamides is 1. The topological polar surface area (TPSA) is 132 Å². The van der Waals surface area contributed by atoms with Gasteiger partial charge >= 0.3 is 6.09 Å². The van der Waals surface area contributed by atoms with Crippen molar-refractivity contribution in [3.05, 3.63) is 107 Å². The third-order valence-corrected chi connectivity index (χ3v) is 9.04.